The lowest BCUT2D eigenvalue weighted by molar-refractivity contribution is -0.0945. The molecule has 0 unspecified atom stereocenters. The summed E-state index contributed by atoms with van der Waals surface area (Å²) in [6, 6.07) is 0. The quantitative estimate of drug-likeness (QED) is 0.287. The first-order chi connectivity index (χ1) is 6.81. The molecule has 0 aromatic heterocycles. The third-order valence-corrected chi connectivity index (χ3v) is 2.06. The zero-order chi connectivity index (χ0) is 10.6. The van der Waals surface area contributed by atoms with E-state index in [1.54, 1.807) is 0 Å². The van der Waals surface area contributed by atoms with Gasteiger partial charge in [0.05, 0.1) is 0 Å². The number of hydroxylamine groups is 3. The van der Waals surface area contributed by atoms with Crippen molar-refractivity contribution in [3.8, 4) is 0 Å². The number of hydrogen-bond donors (Lipinski definition) is 3. The van der Waals surface area contributed by atoms with Crippen LogP contribution in [-0.2, 0) is 0 Å². The van der Waals surface area contributed by atoms with Crippen molar-refractivity contribution in [2.45, 2.75) is 32.1 Å². The highest BCUT2D eigenvalue weighted by molar-refractivity contribution is 4.65. The Hall–Kier alpha value is -0.420. The second kappa shape index (κ2) is 10.7. The van der Waals surface area contributed by atoms with Crippen molar-refractivity contribution in [1.82, 2.24) is 10.5 Å². The van der Waals surface area contributed by atoms with Gasteiger partial charge in [-0.1, -0.05) is 18.9 Å². The third-order valence-electron chi connectivity index (χ3n) is 2.06. The van der Waals surface area contributed by atoms with Gasteiger partial charge in [0.1, 0.15) is 0 Å². The summed E-state index contributed by atoms with van der Waals surface area (Å²) in [5.41, 5.74) is 2.00. The van der Waals surface area contributed by atoms with Crippen LogP contribution in [-0.4, -0.2) is 35.1 Å². The molecule has 0 aromatic carbocycles. The summed E-state index contributed by atoms with van der Waals surface area (Å²) >= 11 is 0. The van der Waals surface area contributed by atoms with E-state index >= 15 is 0 Å². The second-order valence-corrected chi connectivity index (χ2v) is 3.35. The van der Waals surface area contributed by atoms with Crippen LogP contribution in [0.5, 0.6) is 0 Å². The molecule has 0 aliphatic heterocycles. The van der Waals surface area contributed by atoms with Crippen molar-refractivity contribution in [3.63, 3.8) is 0 Å². The van der Waals surface area contributed by atoms with Gasteiger partial charge in [0, 0.05) is 19.6 Å². The molecule has 0 atom stereocenters. The van der Waals surface area contributed by atoms with Gasteiger partial charge in [0.25, 0.3) is 0 Å². The minimum Gasteiger partial charge on any atom is -0.317 e. The second-order valence-electron chi connectivity index (χ2n) is 3.35. The van der Waals surface area contributed by atoms with Crippen LogP contribution in [0.25, 0.3) is 0 Å². The topological polar surface area (TPSA) is 55.7 Å². The van der Waals surface area contributed by atoms with E-state index in [1.165, 1.54) is 17.9 Å². The molecular weight excluding hydrogens is 180 g/mol. The molecule has 84 valence electrons. The number of nitrogens with one attached hydrogen (secondary N) is 1. The molecule has 0 rings (SSSR count). The van der Waals surface area contributed by atoms with Gasteiger partial charge >= 0.3 is 0 Å². The smallest absolute Gasteiger partial charge is 0.0386 e. The Labute approximate surface area is 86.1 Å². The summed E-state index contributed by atoms with van der Waals surface area (Å²) < 4.78 is 0. The normalized spacial score (nSPS) is 10.8. The molecule has 0 spiro atoms. The summed E-state index contributed by atoms with van der Waals surface area (Å²) in [4.78, 5) is 0. The molecule has 0 aliphatic rings. The maximum Gasteiger partial charge on any atom is 0.0386 e. The fourth-order valence-electron chi connectivity index (χ4n) is 1.23. The number of nitrogens with zero attached hydrogens (tertiary/aromatic N) is 1. The first-order valence-electron chi connectivity index (χ1n) is 5.23. The van der Waals surface area contributed by atoms with Crippen molar-refractivity contribution >= 4 is 0 Å². The largest absolute Gasteiger partial charge is 0.317 e. The van der Waals surface area contributed by atoms with Crippen molar-refractivity contribution in [1.29, 1.82) is 0 Å². The summed E-state index contributed by atoms with van der Waals surface area (Å²) in [6.07, 6.45) is 7.53. The molecule has 0 saturated heterocycles. The number of hydrogen-bond acceptors (Lipinski definition) is 4. The zero-order valence-corrected chi connectivity index (χ0v) is 8.78. The first-order valence-corrected chi connectivity index (χ1v) is 5.23. The summed E-state index contributed by atoms with van der Waals surface area (Å²) in [5, 5.41) is 18.8. The standard InChI is InChI=1S/C10H22N2O2/c1-2-3-4-5-6-7-9-12(14)10-8-11-13/h2,11,13-14H,1,3-10H2. The molecule has 4 nitrogen and oxygen atoms in total. The van der Waals surface area contributed by atoms with Crippen molar-refractivity contribution < 1.29 is 10.4 Å². The minimum atomic E-state index is 0.396. The lowest BCUT2D eigenvalue weighted by Crippen LogP contribution is -2.28. The first kappa shape index (κ1) is 13.6. The van der Waals surface area contributed by atoms with Crippen LogP contribution >= 0.6 is 0 Å². The predicted molar refractivity (Wildman–Crippen MR) is 56.4 cm³/mol. The number of rotatable bonds is 10. The molecule has 0 amide bonds. The van der Waals surface area contributed by atoms with Crippen LogP contribution in [0.1, 0.15) is 32.1 Å². The van der Waals surface area contributed by atoms with Crippen LogP contribution in [0, 0.1) is 0 Å². The van der Waals surface area contributed by atoms with Crippen molar-refractivity contribution in [3.05, 3.63) is 12.7 Å². The molecule has 0 heterocycles. The Bertz CT molecular complexity index is 131. The van der Waals surface area contributed by atoms with Gasteiger partial charge in [0.15, 0.2) is 0 Å². The molecule has 0 radical (unpaired) electrons. The Kier molecular flexibility index (Phi) is 10.3. The molecule has 3 N–H and O–H groups in total. The van der Waals surface area contributed by atoms with E-state index in [2.05, 4.69) is 6.58 Å². The highest BCUT2D eigenvalue weighted by atomic mass is 16.5. The lowest BCUT2D eigenvalue weighted by atomic mass is 10.1. The van der Waals surface area contributed by atoms with E-state index in [-0.39, 0.29) is 0 Å². The van der Waals surface area contributed by atoms with E-state index in [4.69, 9.17) is 5.21 Å². The van der Waals surface area contributed by atoms with Gasteiger partial charge < -0.3 is 10.4 Å². The van der Waals surface area contributed by atoms with Crippen molar-refractivity contribution in [2.24, 2.45) is 0 Å². The van der Waals surface area contributed by atoms with E-state index < -0.39 is 0 Å². The molecule has 4 heteroatoms. The maximum absolute atomic E-state index is 9.25. The maximum atomic E-state index is 9.25. The van der Waals surface area contributed by atoms with Crippen LogP contribution < -0.4 is 5.48 Å². The molecule has 14 heavy (non-hydrogen) atoms. The van der Waals surface area contributed by atoms with Crippen LogP contribution in [0.4, 0.5) is 0 Å². The molecule has 0 saturated carbocycles. The average molecular weight is 202 g/mol. The highest BCUT2D eigenvalue weighted by Crippen LogP contribution is 2.03. The number of unbranched alkanes of at least 4 members (excludes halogenated alkanes) is 4. The fraction of sp³-hybridized carbons (Fsp3) is 0.800. The number of allylic oxidation sites excluding steroid dienone is 1. The fourth-order valence-corrected chi connectivity index (χ4v) is 1.23. The Balaban J connectivity index is 3.06. The zero-order valence-electron chi connectivity index (χ0n) is 8.78. The van der Waals surface area contributed by atoms with Crippen LogP contribution in [0.2, 0.25) is 0 Å². The van der Waals surface area contributed by atoms with Gasteiger partial charge in [-0.3, -0.25) is 0 Å². The highest BCUT2D eigenvalue weighted by Gasteiger charge is 1.98. The molecule has 0 aromatic rings. The Morgan fingerprint density at radius 1 is 1.14 bits per heavy atom. The molecule has 0 aliphatic carbocycles. The van der Waals surface area contributed by atoms with Crippen molar-refractivity contribution in [2.75, 3.05) is 19.6 Å². The summed E-state index contributed by atoms with van der Waals surface area (Å²) in [7, 11) is 0. The monoisotopic (exact) mass is 202 g/mol. The van der Waals surface area contributed by atoms with Crippen LogP contribution in [0.15, 0.2) is 12.7 Å². The lowest BCUT2D eigenvalue weighted by Gasteiger charge is -2.13. The Morgan fingerprint density at radius 2 is 1.86 bits per heavy atom. The molecule has 0 fully saturated rings. The third kappa shape index (κ3) is 9.67. The predicted octanol–water partition coefficient (Wildman–Crippen LogP) is 1.79. The van der Waals surface area contributed by atoms with Crippen LogP contribution in [0.3, 0.4) is 0 Å². The van der Waals surface area contributed by atoms with E-state index in [0.717, 1.165) is 19.3 Å². The minimum absolute atomic E-state index is 0.396. The van der Waals surface area contributed by atoms with E-state index in [9.17, 15) is 5.21 Å². The van der Waals surface area contributed by atoms with Gasteiger partial charge in [0.2, 0.25) is 0 Å². The molecular formula is C10H22N2O2. The van der Waals surface area contributed by atoms with Gasteiger partial charge in [-0.2, -0.15) is 5.06 Å². The molecule has 0 bridgehead atoms. The van der Waals surface area contributed by atoms with E-state index in [1.807, 2.05) is 11.6 Å². The average Bonchev–Trinajstić information content (AvgIpc) is 2.20. The summed E-state index contributed by atoms with van der Waals surface area (Å²) in [6.45, 7) is 5.20. The Morgan fingerprint density at radius 3 is 2.50 bits per heavy atom. The van der Waals surface area contributed by atoms with Gasteiger partial charge in [-0.25, -0.2) is 5.48 Å². The SMILES string of the molecule is C=CCCCCCCN(O)CCNO. The van der Waals surface area contributed by atoms with Gasteiger partial charge in [-0.15, -0.1) is 6.58 Å². The van der Waals surface area contributed by atoms with E-state index in [0.29, 0.717) is 19.6 Å². The summed E-state index contributed by atoms with van der Waals surface area (Å²) in [5.74, 6) is 0. The van der Waals surface area contributed by atoms with Gasteiger partial charge in [-0.05, 0) is 19.3 Å².